The molecule has 108 valence electrons. The van der Waals surface area contributed by atoms with Crippen molar-refractivity contribution >= 4 is 9.84 Å². The second-order valence-electron chi connectivity index (χ2n) is 7.10. The van der Waals surface area contributed by atoms with Crippen molar-refractivity contribution in [3.05, 3.63) is 0 Å². The maximum atomic E-state index is 11.2. The molecule has 0 saturated heterocycles. The highest BCUT2D eigenvalue weighted by Gasteiger charge is 2.32. The first-order valence-electron chi connectivity index (χ1n) is 7.00. The SMILES string of the molecule is C[C@H](CN[C@H]1CCC(C)(C)C[C@H]1C)CS(C)(=O)=O. The third kappa shape index (κ3) is 5.70. The minimum absolute atomic E-state index is 0.196. The van der Waals surface area contributed by atoms with Gasteiger partial charge in [0.15, 0.2) is 0 Å². The van der Waals surface area contributed by atoms with Crippen LogP contribution in [0.15, 0.2) is 0 Å². The van der Waals surface area contributed by atoms with Gasteiger partial charge in [0.25, 0.3) is 0 Å². The van der Waals surface area contributed by atoms with Crippen molar-refractivity contribution < 1.29 is 8.42 Å². The van der Waals surface area contributed by atoms with Crippen molar-refractivity contribution in [2.75, 3.05) is 18.6 Å². The lowest BCUT2D eigenvalue weighted by Crippen LogP contribution is -2.43. The summed E-state index contributed by atoms with van der Waals surface area (Å²) in [5.41, 5.74) is 0.468. The van der Waals surface area contributed by atoms with Crippen LogP contribution < -0.4 is 5.32 Å². The van der Waals surface area contributed by atoms with Crippen LogP contribution in [0.3, 0.4) is 0 Å². The molecule has 0 aromatic heterocycles. The zero-order valence-electron chi connectivity index (χ0n) is 12.5. The molecule has 1 aliphatic carbocycles. The van der Waals surface area contributed by atoms with Gasteiger partial charge in [-0.1, -0.05) is 27.7 Å². The lowest BCUT2D eigenvalue weighted by Gasteiger charge is -2.40. The average molecular weight is 275 g/mol. The molecule has 1 saturated carbocycles. The molecule has 0 heterocycles. The summed E-state index contributed by atoms with van der Waals surface area (Å²) in [6, 6.07) is 0.556. The van der Waals surface area contributed by atoms with Crippen molar-refractivity contribution in [3.63, 3.8) is 0 Å². The molecule has 1 rings (SSSR count). The van der Waals surface area contributed by atoms with Gasteiger partial charge in [-0.05, 0) is 43.1 Å². The molecule has 1 N–H and O–H groups in total. The summed E-state index contributed by atoms with van der Waals surface area (Å²) >= 11 is 0. The molecule has 0 radical (unpaired) electrons. The molecule has 4 heteroatoms. The van der Waals surface area contributed by atoms with Gasteiger partial charge in [-0.3, -0.25) is 0 Å². The topological polar surface area (TPSA) is 46.2 Å². The van der Waals surface area contributed by atoms with Crippen molar-refractivity contribution in [3.8, 4) is 0 Å². The highest BCUT2D eigenvalue weighted by atomic mass is 32.2. The first-order valence-corrected chi connectivity index (χ1v) is 9.06. The summed E-state index contributed by atoms with van der Waals surface area (Å²) < 4.78 is 22.4. The van der Waals surface area contributed by atoms with E-state index in [2.05, 4.69) is 26.1 Å². The number of rotatable bonds is 5. The predicted molar refractivity (Wildman–Crippen MR) is 77.5 cm³/mol. The van der Waals surface area contributed by atoms with Gasteiger partial charge < -0.3 is 5.32 Å². The number of nitrogens with one attached hydrogen (secondary N) is 1. The highest BCUT2D eigenvalue weighted by Crippen LogP contribution is 2.38. The quantitative estimate of drug-likeness (QED) is 0.838. The van der Waals surface area contributed by atoms with E-state index in [9.17, 15) is 8.42 Å². The van der Waals surface area contributed by atoms with Crippen LogP contribution in [0.4, 0.5) is 0 Å². The summed E-state index contributed by atoms with van der Waals surface area (Å²) in [5, 5.41) is 3.57. The van der Waals surface area contributed by atoms with E-state index in [4.69, 9.17) is 0 Å². The van der Waals surface area contributed by atoms with Crippen LogP contribution in [-0.4, -0.2) is 33.0 Å². The minimum Gasteiger partial charge on any atom is -0.313 e. The molecule has 0 unspecified atom stereocenters. The third-order valence-corrected chi connectivity index (χ3v) is 5.18. The molecule has 18 heavy (non-hydrogen) atoms. The van der Waals surface area contributed by atoms with E-state index in [0.29, 0.717) is 17.4 Å². The predicted octanol–water partition coefficient (Wildman–Crippen LogP) is 2.47. The maximum absolute atomic E-state index is 11.2. The first kappa shape index (κ1) is 16.0. The van der Waals surface area contributed by atoms with Crippen LogP contribution >= 0.6 is 0 Å². The van der Waals surface area contributed by atoms with E-state index in [1.54, 1.807) is 0 Å². The van der Waals surface area contributed by atoms with Crippen molar-refractivity contribution in [1.82, 2.24) is 5.32 Å². The Morgan fingerprint density at radius 3 is 2.50 bits per heavy atom. The third-order valence-electron chi connectivity index (χ3n) is 4.01. The Bertz CT molecular complexity index is 362. The van der Waals surface area contributed by atoms with Gasteiger partial charge in [-0.2, -0.15) is 0 Å². The van der Waals surface area contributed by atoms with Crippen LogP contribution in [0, 0.1) is 17.3 Å². The fourth-order valence-electron chi connectivity index (χ4n) is 3.18. The number of hydrogen-bond donors (Lipinski definition) is 1. The van der Waals surface area contributed by atoms with Crippen molar-refractivity contribution in [2.45, 2.75) is 53.0 Å². The summed E-state index contributed by atoms with van der Waals surface area (Å²) in [6.07, 6.45) is 5.04. The Morgan fingerprint density at radius 1 is 1.39 bits per heavy atom. The van der Waals surface area contributed by atoms with Crippen molar-refractivity contribution in [2.24, 2.45) is 17.3 Å². The maximum Gasteiger partial charge on any atom is 0.147 e. The first-order chi connectivity index (χ1) is 8.09. The number of hydrogen-bond acceptors (Lipinski definition) is 3. The lowest BCUT2D eigenvalue weighted by molar-refractivity contribution is 0.147. The van der Waals surface area contributed by atoms with Crippen LogP contribution in [-0.2, 0) is 9.84 Å². The summed E-state index contributed by atoms with van der Waals surface area (Å²) in [6.45, 7) is 9.80. The van der Waals surface area contributed by atoms with Crippen LogP contribution in [0.25, 0.3) is 0 Å². The number of sulfone groups is 1. The van der Waals surface area contributed by atoms with Crippen LogP contribution in [0.1, 0.15) is 47.0 Å². The van der Waals surface area contributed by atoms with Crippen LogP contribution in [0.5, 0.6) is 0 Å². The van der Waals surface area contributed by atoms with E-state index in [1.165, 1.54) is 25.5 Å². The molecule has 1 aliphatic rings. The average Bonchev–Trinajstić information content (AvgIpc) is 2.12. The Morgan fingerprint density at radius 2 is 2.00 bits per heavy atom. The Hall–Kier alpha value is -0.0900. The molecular weight excluding hydrogens is 246 g/mol. The standard InChI is InChI=1S/C14H29NO2S/c1-11(10-18(5,16)17)9-15-13-6-7-14(3,4)8-12(13)2/h11-13,15H,6-10H2,1-5H3/t11-,12-,13+/m1/s1. The van der Waals surface area contributed by atoms with Crippen molar-refractivity contribution in [1.29, 1.82) is 0 Å². The summed E-state index contributed by atoms with van der Waals surface area (Å²) in [4.78, 5) is 0. The van der Waals surface area contributed by atoms with Gasteiger partial charge in [0.1, 0.15) is 9.84 Å². The minimum atomic E-state index is -2.85. The summed E-state index contributed by atoms with van der Waals surface area (Å²) in [7, 11) is -2.85. The second-order valence-corrected chi connectivity index (χ2v) is 9.28. The van der Waals surface area contributed by atoms with Gasteiger partial charge in [-0.25, -0.2) is 8.42 Å². The largest absolute Gasteiger partial charge is 0.313 e. The molecule has 3 atom stereocenters. The zero-order chi connectivity index (χ0) is 14.0. The summed E-state index contributed by atoms with van der Waals surface area (Å²) in [5.74, 6) is 1.16. The zero-order valence-corrected chi connectivity index (χ0v) is 13.3. The highest BCUT2D eigenvalue weighted by molar-refractivity contribution is 7.90. The van der Waals surface area contributed by atoms with Gasteiger partial charge in [-0.15, -0.1) is 0 Å². The molecule has 3 nitrogen and oxygen atoms in total. The second kappa shape index (κ2) is 5.91. The van der Waals surface area contributed by atoms with E-state index >= 15 is 0 Å². The smallest absolute Gasteiger partial charge is 0.147 e. The van der Waals surface area contributed by atoms with Gasteiger partial charge in [0.2, 0.25) is 0 Å². The van der Waals surface area contributed by atoms with E-state index < -0.39 is 9.84 Å². The van der Waals surface area contributed by atoms with E-state index in [0.717, 1.165) is 6.54 Å². The Kier molecular flexibility index (Phi) is 5.24. The monoisotopic (exact) mass is 275 g/mol. The van der Waals surface area contributed by atoms with Gasteiger partial charge >= 0.3 is 0 Å². The fraction of sp³-hybridized carbons (Fsp3) is 1.00. The van der Waals surface area contributed by atoms with Gasteiger partial charge in [0, 0.05) is 12.3 Å². The molecule has 0 amide bonds. The normalized spacial score (nSPS) is 30.1. The van der Waals surface area contributed by atoms with E-state index in [-0.39, 0.29) is 11.7 Å². The molecule has 0 bridgehead atoms. The Labute approximate surface area is 113 Å². The lowest BCUT2D eigenvalue weighted by atomic mass is 9.70. The Balaban J connectivity index is 2.36. The molecule has 0 aliphatic heterocycles. The fourth-order valence-corrected chi connectivity index (χ4v) is 4.33. The molecule has 0 aromatic rings. The van der Waals surface area contributed by atoms with E-state index in [1.807, 2.05) is 6.92 Å². The molecular formula is C14H29NO2S. The van der Waals surface area contributed by atoms with Crippen LogP contribution in [0.2, 0.25) is 0 Å². The molecule has 0 aromatic carbocycles. The molecule has 0 spiro atoms. The van der Waals surface area contributed by atoms with Gasteiger partial charge in [0.05, 0.1) is 5.75 Å². The molecule has 1 fully saturated rings.